The number of fused-ring (bicyclic) bond motifs is 1. The number of benzene rings is 2. The molecule has 1 saturated heterocycles. The molecule has 208 valence electrons. The van der Waals surface area contributed by atoms with Crippen molar-refractivity contribution < 1.29 is 23.5 Å². The summed E-state index contributed by atoms with van der Waals surface area (Å²) in [5.74, 6) is -4.54. The molecule has 1 aromatic heterocycles. The van der Waals surface area contributed by atoms with E-state index < -0.39 is 30.3 Å². The van der Waals surface area contributed by atoms with Gasteiger partial charge >= 0.3 is 5.97 Å². The highest BCUT2D eigenvalue weighted by Crippen LogP contribution is 2.39. The van der Waals surface area contributed by atoms with Crippen LogP contribution in [0.15, 0.2) is 34.8 Å². The second-order valence-corrected chi connectivity index (χ2v) is 11.7. The Morgan fingerprint density at radius 1 is 1.21 bits per heavy atom. The summed E-state index contributed by atoms with van der Waals surface area (Å²) in [6.07, 6.45) is 0.0749. The van der Waals surface area contributed by atoms with Crippen molar-refractivity contribution in [2.75, 3.05) is 24.5 Å². The number of nitrogens with zero attached hydrogens (tertiary/aromatic N) is 2. The second kappa shape index (κ2) is 12.1. The second-order valence-electron chi connectivity index (χ2n) is 9.57. The van der Waals surface area contributed by atoms with Crippen LogP contribution in [0, 0.1) is 6.92 Å². The largest absolute Gasteiger partial charge is 0.481 e. The molecule has 0 spiro atoms. The Labute approximate surface area is 247 Å². The average Bonchev–Trinajstić information content (AvgIpc) is 2.86. The minimum absolute atomic E-state index is 0.0142. The van der Waals surface area contributed by atoms with Crippen LogP contribution >= 0.6 is 50.7 Å². The van der Waals surface area contributed by atoms with Gasteiger partial charge in [0.05, 0.1) is 27.7 Å². The lowest BCUT2D eigenvalue weighted by Gasteiger charge is -2.34. The zero-order valence-corrected chi connectivity index (χ0v) is 24.7. The van der Waals surface area contributed by atoms with Crippen LogP contribution in [-0.4, -0.2) is 47.5 Å². The van der Waals surface area contributed by atoms with Crippen LogP contribution in [0.3, 0.4) is 0 Å². The van der Waals surface area contributed by atoms with E-state index in [9.17, 15) is 23.5 Å². The van der Waals surface area contributed by atoms with E-state index in [0.29, 0.717) is 51.4 Å². The summed E-state index contributed by atoms with van der Waals surface area (Å²) >= 11 is 22.5. The summed E-state index contributed by atoms with van der Waals surface area (Å²) in [5.41, 5.74) is 1.70. The van der Waals surface area contributed by atoms with Gasteiger partial charge in [0, 0.05) is 52.3 Å². The Hall–Kier alpha value is -2.20. The van der Waals surface area contributed by atoms with E-state index in [4.69, 9.17) is 34.8 Å². The maximum Gasteiger partial charge on any atom is 0.303 e. The van der Waals surface area contributed by atoms with E-state index in [1.807, 2.05) is 0 Å². The van der Waals surface area contributed by atoms with Crippen molar-refractivity contribution in [2.24, 2.45) is 0 Å². The fraction of sp³-hybridized carbons (Fsp3) is 0.370. The molecule has 0 saturated carbocycles. The molecule has 2 aromatic carbocycles. The lowest BCUT2D eigenvalue weighted by atomic mass is 9.93. The third-order valence-corrected chi connectivity index (χ3v) is 8.43. The Bertz CT molecular complexity index is 1440. The van der Waals surface area contributed by atoms with Crippen molar-refractivity contribution in [1.82, 2.24) is 10.3 Å². The lowest BCUT2D eigenvalue weighted by molar-refractivity contribution is -0.137. The van der Waals surface area contributed by atoms with Crippen molar-refractivity contribution in [2.45, 2.75) is 44.4 Å². The highest BCUT2D eigenvalue weighted by atomic mass is 79.9. The molecule has 4 rings (SSSR count). The number of rotatable bonds is 8. The molecule has 0 aliphatic carbocycles. The quantitative estimate of drug-likeness (QED) is 0.240. The van der Waals surface area contributed by atoms with Gasteiger partial charge < -0.3 is 15.3 Å². The molecule has 12 heteroatoms. The molecule has 3 aromatic rings. The summed E-state index contributed by atoms with van der Waals surface area (Å²) in [6, 6.07) is 8.36. The predicted molar refractivity (Wildman–Crippen MR) is 154 cm³/mol. The topological polar surface area (TPSA) is 82.5 Å². The highest BCUT2D eigenvalue weighted by molar-refractivity contribution is 9.10. The monoisotopic (exact) mass is 661 g/mol. The molecule has 1 aliphatic heterocycles. The number of piperidine rings is 1. The molecule has 0 radical (unpaired) electrons. The smallest absolute Gasteiger partial charge is 0.303 e. The fourth-order valence-electron chi connectivity index (χ4n) is 4.93. The Morgan fingerprint density at radius 3 is 2.62 bits per heavy atom. The lowest BCUT2D eigenvalue weighted by Crippen LogP contribution is -2.43. The molecule has 1 unspecified atom stereocenters. The zero-order valence-electron chi connectivity index (χ0n) is 20.8. The average molecular weight is 664 g/mol. The van der Waals surface area contributed by atoms with Crippen LogP contribution in [-0.2, 0) is 4.79 Å². The summed E-state index contributed by atoms with van der Waals surface area (Å²) < 4.78 is 29.2. The van der Waals surface area contributed by atoms with Crippen molar-refractivity contribution in [1.29, 1.82) is 0 Å². The number of nitrogens with one attached hydrogen (secondary N) is 1. The van der Waals surface area contributed by atoms with E-state index >= 15 is 0 Å². The molecular weight excluding hydrogens is 639 g/mol. The van der Waals surface area contributed by atoms with Crippen LogP contribution in [0.4, 0.5) is 14.6 Å². The summed E-state index contributed by atoms with van der Waals surface area (Å²) in [7, 11) is 0. The maximum absolute atomic E-state index is 14.3. The van der Waals surface area contributed by atoms with Crippen molar-refractivity contribution in [3.05, 3.63) is 66.6 Å². The third-order valence-electron chi connectivity index (χ3n) is 6.79. The van der Waals surface area contributed by atoms with Gasteiger partial charge in [0.1, 0.15) is 5.82 Å². The Morgan fingerprint density at radius 2 is 1.92 bits per heavy atom. The first-order valence-corrected chi connectivity index (χ1v) is 14.2. The number of aliphatic carboxylic acids is 1. The number of aromatic nitrogens is 1. The van der Waals surface area contributed by atoms with E-state index in [1.54, 1.807) is 37.3 Å². The van der Waals surface area contributed by atoms with Gasteiger partial charge in [-0.25, -0.2) is 13.8 Å². The predicted octanol–water partition coefficient (Wildman–Crippen LogP) is 7.88. The number of hydrogen-bond acceptors (Lipinski definition) is 4. The van der Waals surface area contributed by atoms with Gasteiger partial charge in [-0.15, -0.1) is 0 Å². The number of alkyl halides is 2. The van der Waals surface area contributed by atoms with E-state index in [0.717, 1.165) is 4.47 Å². The SMILES string of the molecule is Cc1c(N2CCCC(F)(F)C2)nc2ccc(Br)cc2c1C(=O)NCC(CCC(=O)O)c1c(Cl)ccc(Cl)c1Cl. The number of halogens is 6. The number of anilines is 1. The highest BCUT2D eigenvalue weighted by Gasteiger charge is 2.37. The molecule has 1 atom stereocenters. The summed E-state index contributed by atoms with van der Waals surface area (Å²) in [6.45, 7) is 1.62. The number of carboxylic acid groups (broad SMARTS) is 1. The number of carboxylic acids is 1. The first-order chi connectivity index (χ1) is 18.4. The first kappa shape index (κ1) is 29.8. The van der Waals surface area contributed by atoms with E-state index in [2.05, 4.69) is 26.2 Å². The molecule has 1 fully saturated rings. The minimum Gasteiger partial charge on any atom is -0.481 e. The van der Waals surface area contributed by atoms with Crippen LogP contribution in [0.1, 0.15) is 53.1 Å². The van der Waals surface area contributed by atoms with Crippen LogP contribution < -0.4 is 10.2 Å². The van der Waals surface area contributed by atoms with Gasteiger partial charge in [-0.05, 0) is 55.7 Å². The maximum atomic E-state index is 14.3. The molecule has 1 aliphatic rings. The zero-order chi connectivity index (χ0) is 28.5. The fourth-order valence-corrected chi connectivity index (χ4v) is 6.14. The van der Waals surface area contributed by atoms with Gasteiger partial charge in [-0.1, -0.05) is 50.7 Å². The molecule has 1 amide bonds. The van der Waals surface area contributed by atoms with Gasteiger partial charge in [-0.2, -0.15) is 0 Å². The number of carbonyl (C=O) groups excluding carboxylic acids is 1. The normalized spacial score (nSPS) is 15.8. The van der Waals surface area contributed by atoms with E-state index in [-0.39, 0.29) is 35.9 Å². The van der Waals surface area contributed by atoms with Crippen molar-refractivity contribution in [3.8, 4) is 0 Å². The first-order valence-electron chi connectivity index (χ1n) is 12.2. The van der Waals surface area contributed by atoms with Crippen molar-refractivity contribution >= 4 is 79.3 Å². The van der Waals surface area contributed by atoms with Gasteiger partial charge in [-0.3, -0.25) is 9.59 Å². The Kier molecular flexibility index (Phi) is 9.26. The number of amides is 1. The summed E-state index contributed by atoms with van der Waals surface area (Å²) in [5, 5.41) is 13.5. The standard InChI is InChI=1S/C27H25BrCl3F2N3O3/c1-14-22(17-11-16(28)4-7-20(17)35-25(14)36-10-2-9-27(32,33)13-36)26(39)34-12-15(3-8-21(37)38)23-18(29)5-6-19(30)24(23)31/h4-7,11,15H,2-3,8-10,12-13H2,1H3,(H,34,39)(H,37,38). The van der Waals surface area contributed by atoms with Crippen LogP contribution in [0.5, 0.6) is 0 Å². The van der Waals surface area contributed by atoms with Crippen molar-refractivity contribution in [3.63, 3.8) is 0 Å². The number of hydrogen-bond donors (Lipinski definition) is 2. The van der Waals surface area contributed by atoms with Gasteiger partial charge in [0.2, 0.25) is 0 Å². The molecule has 0 bridgehead atoms. The molecule has 2 heterocycles. The minimum atomic E-state index is -2.85. The van der Waals surface area contributed by atoms with Gasteiger partial charge in [0.15, 0.2) is 0 Å². The third kappa shape index (κ3) is 6.76. The van der Waals surface area contributed by atoms with Crippen LogP contribution in [0.25, 0.3) is 10.9 Å². The van der Waals surface area contributed by atoms with Gasteiger partial charge in [0.25, 0.3) is 11.8 Å². The number of carbonyl (C=O) groups is 2. The summed E-state index contributed by atoms with van der Waals surface area (Å²) in [4.78, 5) is 31.2. The van der Waals surface area contributed by atoms with Crippen LogP contribution in [0.2, 0.25) is 15.1 Å². The number of pyridine rings is 1. The molecule has 6 nitrogen and oxygen atoms in total. The molecule has 39 heavy (non-hydrogen) atoms. The molecule has 2 N–H and O–H groups in total. The van der Waals surface area contributed by atoms with E-state index in [1.165, 1.54) is 4.90 Å². The Balaban J connectivity index is 1.72. The molecular formula is C27H25BrCl3F2N3O3.